The van der Waals surface area contributed by atoms with Crippen LogP contribution in [0, 0.1) is 0 Å². The molecule has 0 N–H and O–H groups in total. The Kier molecular flexibility index (Phi) is 2.10. The maximum Gasteiger partial charge on any atom is 0.311 e. The second kappa shape index (κ2) is 3.06. The number of carbonyl (C=O) groups excluding carboxylic acids is 1. The first-order chi connectivity index (χ1) is 4.83. The average molecular weight is 140 g/mol. The molecular formula is C7H8O3. The van der Waals surface area contributed by atoms with Gasteiger partial charge in [0.1, 0.15) is 6.26 Å². The zero-order valence-corrected chi connectivity index (χ0v) is 5.66. The van der Waals surface area contributed by atoms with Gasteiger partial charge in [0.05, 0.1) is 6.26 Å². The molecule has 1 heterocycles. The Balaban J connectivity index is 2.48. The summed E-state index contributed by atoms with van der Waals surface area (Å²) in [6, 6.07) is 1.59. The Bertz CT molecular complexity index is 201. The molecule has 0 unspecified atom stereocenters. The van der Waals surface area contributed by atoms with Crippen LogP contribution in [0.5, 0.6) is 5.75 Å². The lowest BCUT2D eigenvalue weighted by Crippen LogP contribution is -2.04. The van der Waals surface area contributed by atoms with Gasteiger partial charge in [-0.1, -0.05) is 6.92 Å². The molecule has 0 amide bonds. The van der Waals surface area contributed by atoms with Gasteiger partial charge in [-0.15, -0.1) is 0 Å². The molecule has 0 aromatic carbocycles. The van der Waals surface area contributed by atoms with Crippen LogP contribution in [0.2, 0.25) is 0 Å². The maximum absolute atomic E-state index is 10.6. The Morgan fingerprint density at radius 1 is 1.80 bits per heavy atom. The van der Waals surface area contributed by atoms with Gasteiger partial charge in [-0.25, -0.2) is 0 Å². The highest BCUT2D eigenvalue weighted by molar-refractivity contribution is 5.71. The van der Waals surface area contributed by atoms with Crippen LogP contribution in [0.1, 0.15) is 13.3 Å². The molecule has 0 atom stereocenters. The van der Waals surface area contributed by atoms with E-state index in [9.17, 15) is 4.79 Å². The lowest BCUT2D eigenvalue weighted by atomic mass is 10.5. The molecule has 1 aromatic rings. The lowest BCUT2D eigenvalue weighted by molar-refractivity contribution is -0.134. The second-order valence-corrected chi connectivity index (χ2v) is 1.79. The third kappa shape index (κ3) is 1.62. The highest BCUT2D eigenvalue weighted by atomic mass is 16.5. The number of carbonyl (C=O) groups is 1. The lowest BCUT2D eigenvalue weighted by Gasteiger charge is -1.94. The normalized spacial score (nSPS) is 9.30. The van der Waals surface area contributed by atoms with E-state index in [-0.39, 0.29) is 5.97 Å². The van der Waals surface area contributed by atoms with E-state index >= 15 is 0 Å². The molecule has 0 aliphatic heterocycles. The minimum atomic E-state index is -0.249. The van der Waals surface area contributed by atoms with Gasteiger partial charge in [-0.3, -0.25) is 4.79 Å². The van der Waals surface area contributed by atoms with E-state index in [0.717, 1.165) is 0 Å². The van der Waals surface area contributed by atoms with Crippen LogP contribution < -0.4 is 4.74 Å². The van der Waals surface area contributed by atoms with Crippen molar-refractivity contribution >= 4 is 5.97 Å². The quantitative estimate of drug-likeness (QED) is 0.585. The number of hydrogen-bond donors (Lipinski definition) is 0. The van der Waals surface area contributed by atoms with Crippen molar-refractivity contribution in [2.45, 2.75) is 13.3 Å². The fourth-order valence-electron chi connectivity index (χ4n) is 0.514. The molecule has 0 spiro atoms. The minimum Gasteiger partial charge on any atom is -0.469 e. The van der Waals surface area contributed by atoms with Gasteiger partial charge in [0.2, 0.25) is 0 Å². The molecule has 0 aliphatic carbocycles. The largest absolute Gasteiger partial charge is 0.469 e. The summed E-state index contributed by atoms with van der Waals surface area (Å²) in [5.41, 5.74) is 0. The monoisotopic (exact) mass is 140 g/mol. The number of hydrogen-bond acceptors (Lipinski definition) is 3. The molecule has 0 fully saturated rings. The first kappa shape index (κ1) is 6.86. The highest BCUT2D eigenvalue weighted by Gasteiger charge is 2.00. The van der Waals surface area contributed by atoms with Crippen LogP contribution >= 0.6 is 0 Å². The number of esters is 1. The van der Waals surface area contributed by atoms with Crippen LogP contribution in [0.25, 0.3) is 0 Å². The van der Waals surface area contributed by atoms with Gasteiger partial charge in [0.25, 0.3) is 0 Å². The fourth-order valence-corrected chi connectivity index (χ4v) is 0.514. The van der Waals surface area contributed by atoms with E-state index in [1.54, 1.807) is 13.0 Å². The van der Waals surface area contributed by atoms with E-state index in [0.29, 0.717) is 12.2 Å². The summed E-state index contributed by atoms with van der Waals surface area (Å²) >= 11 is 0. The smallest absolute Gasteiger partial charge is 0.311 e. The molecule has 3 heteroatoms. The topological polar surface area (TPSA) is 39.4 Å². The summed E-state index contributed by atoms with van der Waals surface area (Å²) in [6.07, 6.45) is 3.22. The zero-order valence-electron chi connectivity index (χ0n) is 5.66. The summed E-state index contributed by atoms with van der Waals surface area (Å²) in [5.74, 6) is 0.216. The minimum absolute atomic E-state index is 0.249. The van der Waals surface area contributed by atoms with Crippen molar-refractivity contribution in [2.75, 3.05) is 0 Å². The zero-order chi connectivity index (χ0) is 7.40. The molecule has 1 aromatic heterocycles. The van der Waals surface area contributed by atoms with Crippen molar-refractivity contribution in [1.82, 2.24) is 0 Å². The predicted molar refractivity (Wildman–Crippen MR) is 34.6 cm³/mol. The molecule has 0 bridgehead atoms. The van der Waals surface area contributed by atoms with Crippen LogP contribution in [-0.4, -0.2) is 5.97 Å². The third-order valence-electron chi connectivity index (χ3n) is 1.02. The highest BCUT2D eigenvalue weighted by Crippen LogP contribution is 2.10. The number of furan rings is 1. The van der Waals surface area contributed by atoms with Crippen molar-refractivity contribution in [3.63, 3.8) is 0 Å². The van der Waals surface area contributed by atoms with Gasteiger partial charge in [-0.2, -0.15) is 0 Å². The van der Waals surface area contributed by atoms with Crippen LogP contribution in [0.15, 0.2) is 23.0 Å². The van der Waals surface area contributed by atoms with E-state index < -0.39 is 0 Å². The molecule has 0 radical (unpaired) electrons. The van der Waals surface area contributed by atoms with Crippen LogP contribution in [0.4, 0.5) is 0 Å². The van der Waals surface area contributed by atoms with E-state index in [1.165, 1.54) is 12.5 Å². The van der Waals surface area contributed by atoms with Crippen molar-refractivity contribution < 1.29 is 13.9 Å². The molecule has 0 aliphatic rings. The van der Waals surface area contributed by atoms with E-state index in [4.69, 9.17) is 4.74 Å². The first-order valence-electron chi connectivity index (χ1n) is 3.06. The molecule has 10 heavy (non-hydrogen) atoms. The molecular weight excluding hydrogens is 132 g/mol. The van der Waals surface area contributed by atoms with Crippen LogP contribution in [0.3, 0.4) is 0 Å². The van der Waals surface area contributed by atoms with Crippen molar-refractivity contribution in [2.24, 2.45) is 0 Å². The summed E-state index contributed by atoms with van der Waals surface area (Å²) in [6.45, 7) is 1.74. The first-order valence-corrected chi connectivity index (χ1v) is 3.06. The maximum atomic E-state index is 10.6. The summed E-state index contributed by atoms with van der Waals surface area (Å²) in [5, 5.41) is 0. The van der Waals surface area contributed by atoms with Crippen molar-refractivity contribution in [3.05, 3.63) is 18.6 Å². The number of rotatable bonds is 2. The van der Waals surface area contributed by atoms with E-state index in [2.05, 4.69) is 4.42 Å². The van der Waals surface area contributed by atoms with E-state index in [1.807, 2.05) is 0 Å². The summed E-state index contributed by atoms with van der Waals surface area (Å²) in [4.78, 5) is 10.6. The Morgan fingerprint density at radius 3 is 3.10 bits per heavy atom. The fraction of sp³-hybridized carbons (Fsp3) is 0.286. The Labute approximate surface area is 58.6 Å². The second-order valence-electron chi connectivity index (χ2n) is 1.79. The van der Waals surface area contributed by atoms with Crippen molar-refractivity contribution in [3.8, 4) is 5.75 Å². The molecule has 54 valence electrons. The summed E-state index contributed by atoms with van der Waals surface area (Å²) in [7, 11) is 0. The Hall–Kier alpha value is -1.25. The molecule has 0 saturated carbocycles. The summed E-state index contributed by atoms with van der Waals surface area (Å²) < 4.78 is 9.45. The Morgan fingerprint density at radius 2 is 2.60 bits per heavy atom. The third-order valence-corrected chi connectivity index (χ3v) is 1.02. The molecule has 3 nitrogen and oxygen atoms in total. The standard InChI is InChI=1S/C7H8O3/c1-2-7(8)10-6-3-4-9-5-6/h3-5H,2H2,1H3. The average Bonchev–Trinajstić information content (AvgIpc) is 2.40. The van der Waals surface area contributed by atoms with Crippen molar-refractivity contribution in [1.29, 1.82) is 0 Å². The number of ether oxygens (including phenoxy) is 1. The molecule has 1 rings (SSSR count). The molecule has 0 saturated heterocycles. The SMILES string of the molecule is CCC(=O)Oc1ccoc1. The van der Waals surface area contributed by atoms with Gasteiger partial charge >= 0.3 is 5.97 Å². The van der Waals surface area contributed by atoms with Gasteiger partial charge in [0, 0.05) is 12.5 Å². The van der Waals surface area contributed by atoms with Crippen LogP contribution in [-0.2, 0) is 4.79 Å². The van der Waals surface area contributed by atoms with Gasteiger partial charge in [0.15, 0.2) is 5.75 Å². The predicted octanol–water partition coefficient (Wildman–Crippen LogP) is 1.59. The van der Waals surface area contributed by atoms with Gasteiger partial charge in [-0.05, 0) is 0 Å². The van der Waals surface area contributed by atoms with Gasteiger partial charge < -0.3 is 9.15 Å².